The van der Waals surface area contributed by atoms with Crippen molar-refractivity contribution in [1.29, 1.82) is 0 Å². The number of benzene rings is 2. The number of anilines is 2. The highest BCUT2D eigenvalue weighted by Gasteiger charge is 2.17. The Morgan fingerprint density at radius 2 is 2.05 bits per heavy atom. The van der Waals surface area contributed by atoms with Crippen molar-refractivity contribution in [2.75, 3.05) is 17.2 Å². The molecule has 0 aromatic heterocycles. The van der Waals surface area contributed by atoms with Gasteiger partial charge in [0.1, 0.15) is 5.82 Å². The van der Waals surface area contributed by atoms with Crippen LogP contribution in [0.3, 0.4) is 0 Å². The van der Waals surface area contributed by atoms with Crippen LogP contribution in [0.5, 0.6) is 0 Å². The molecule has 1 aliphatic heterocycles. The standard InChI is InChI=1S/C16H16ClFN2/c17-14-5-3-11(8-15(14)18)10-20-7-1-2-12-9-13(19)4-6-16(12)20/h3-6,8-9H,1-2,7,10,19H2. The molecule has 0 saturated heterocycles. The Hall–Kier alpha value is -1.74. The lowest BCUT2D eigenvalue weighted by molar-refractivity contribution is 0.623. The van der Waals surface area contributed by atoms with E-state index in [0.29, 0.717) is 6.54 Å². The van der Waals surface area contributed by atoms with Gasteiger partial charge in [-0.05, 0) is 54.3 Å². The fraction of sp³-hybridized carbons (Fsp3) is 0.250. The number of fused-ring (bicyclic) bond motifs is 1. The SMILES string of the molecule is Nc1ccc2c(c1)CCCN2Cc1ccc(Cl)c(F)c1. The zero-order valence-electron chi connectivity index (χ0n) is 11.1. The van der Waals surface area contributed by atoms with Crippen LogP contribution in [-0.4, -0.2) is 6.54 Å². The second-order valence-corrected chi connectivity index (χ2v) is 5.57. The highest BCUT2D eigenvalue weighted by molar-refractivity contribution is 6.30. The predicted octanol–water partition coefficient (Wildman–Crippen LogP) is 4.01. The first-order chi connectivity index (χ1) is 9.63. The van der Waals surface area contributed by atoms with Crippen LogP contribution in [0, 0.1) is 5.82 Å². The molecule has 0 fully saturated rings. The lowest BCUT2D eigenvalue weighted by Crippen LogP contribution is -2.28. The third-order valence-electron chi connectivity index (χ3n) is 3.68. The molecule has 1 aliphatic rings. The minimum Gasteiger partial charge on any atom is -0.399 e. The monoisotopic (exact) mass is 290 g/mol. The van der Waals surface area contributed by atoms with Gasteiger partial charge >= 0.3 is 0 Å². The number of hydrogen-bond donors (Lipinski definition) is 1. The number of nitrogens with zero attached hydrogens (tertiary/aromatic N) is 1. The summed E-state index contributed by atoms with van der Waals surface area (Å²) in [5.74, 6) is -0.362. The van der Waals surface area contributed by atoms with Crippen LogP contribution < -0.4 is 10.6 Å². The number of nitrogens with two attached hydrogens (primary N) is 1. The van der Waals surface area contributed by atoms with Crippen LogP contribution in [0.4, 0.5) is 15.8 Å². The van der Waals surface area contributed by atoms with Crippen LogP contribution in [0.15, 0.2) is 36.4 Å². The van der Waals surface area contributed by atoms with E-state index in [1.165, 1.54) is 17.3 Å². The van der Waals surface area contributed by atoms with Crippen molar-refractivity contribution in [1.82, 2.24) is 0 Å². The predicted molar refractivity (Wildman–Crippen MR) is 81.6 cm³/mol. The quantitative estimate of drug-likeness (QED) is 0.847. The molecule has 0 spiro atoms. The number of hydrogen-bond acceptors (Lipinski definition) is 2. The summed E-state index contributed by atoms with van der Waals surface area (Å²) in [5.41, 5.74) is 10.0. The minimum absolute atomic E-state index is 0.167. The van der Waals surface area contributed by atoms with Gasteiger partial charge in [-0.25, -0.2) is 4.39 Å². The van der Waals surface area contributed by atoms with Crippen molar-refractivity contribution in [2.24, 2.45) is 0 Å². The molecule has 2 nitrogen and oxygen atoms in total. The van der Waals surface area contributed by atoms with E-state index in [9.17, 15) is 4.39 Å². The molecule has 2 aromatic carbocycles. The van der Waals surface area contributed by atoms with Gasteiger partial charge in [0.25, 0.3) is 0 Å². The first-order valence-corrected chi connectivity index (χ1v) is 7.08. The Morgan fingerprint density at radius 3 is 2.85 bits per heavy atom. The molecule has 4 heteroatoms. The molecular formula is C16H16ClFN2. The van der Waals surface area contributed by atoms with E-state index in [1.807, 2.05) is 18.2 Å². The third-order valence-corrected chi connectivity index (χ3v) is 3.98. The van der Waals surface area contributed by atoms with E-state index >= 15 is 0 Å². The molecule has 2 N–H and O–H groups in total. The Morgan fingerprint density at radius 1 is 1.20 bits per heavy atom. The zero-order chi connectivity index (χ0) is 14.1. The van der Waals surface area contributed by atoms with Crippen molar-refractivity contribution in [2.45, 2.75) is 19.4 Å². The summed E-state index contributed by atoms with van der Waals surface area (Å²) in [5, 5.41) is 0.167. The van der Waals surface area contributed by atoms with Crippen molar-refractivity contribution in [3.05, 3.63) is 58.4 Å². The molecule has 0 amide bonds. The Labute approximate surface area is 123 Å². The molecule has 20 heavy (non-hydrogen) atoms. The molecule has 0 atom stereocenters. The molecule has 104 valence electrons. The fourth-order valence-corrected chi connectivity index (χ4v) is 2.84. The van der Waals surface area contributed by atoms with Gasteiger partial charge in [0.2, 0.25) is 0 Å². The van der Waals surface area contributed by atoms with Crippen molar-refractivity contribution >= 4 is 23.0 Å². The number of rotatable bonds is 2. The van der Waals surface area contributed by atoms with Crippen LogP contribution >= 0.6 is 11.6 Å². The lowest BCUT2D eigenvalue weighted by atomic mass is 10.0. The highest BCUT2D eigenvalue weighted by atomic mass is 35.5. The minimum atomic E-state index is -0.362. The zero-order valence-corrected chi connectivity index (χ0v) is 11.8. The summed E-state index contributed by atoms with van der Waals surface area (Å²) in [4.78, 5) is 2.26. The van der Waals surface area contributed by atoms with Gasteiger partial charge in [-0.1, -0.05) is 17.7 Å². The maximum atomic E-state index is 13.5. The first-order valence-electron chi connectivity index (χ1n) is 6.71. The van der Waals surface area contributed by atoms with Gasteiger partial charge in [0.15, 0.2) is 0 Å². The molecule has 0 saturated carbocycles. The fourth-order valence-electron chi connectivity index (χ4n) is 2.72. The van der Waals surface area contributed by atoms with Gasteiger partial charge in [-0.2, -0.15) is 0 Å². The molecule has 0 radical (unpaired) electrons. The average molecular weight is 291 g/mol. The van der Waals surface area contributed by atoms with Crippen molar-refractivity contribution < 1.29 is 4.39 Å². The summed E-state index contributed by atoms with van der Waals surface area (Å²) < 4.78 is 13.5. The second-order valence-electron chi connectivity index (χ2n) is 5.16. The third kappa shape index (κ3) is 2.59. The number of halogens is 2. The van der Waals surface area contributed by atoms with Crippen molar-refractivity contribution in [3.8, 4) is 0 Å². The maximum Gasteiger partial charge on any atom is 0.142 e. The average Bonchev–Trinajstić information content (AvgIpc) is 2.43. The van der Waals surface area contributed by atoms with Gasteiger partial charge in [0.05, 0.1) is 5.02 Å². The topological polar surface area (TPSA) is 29.3 Å². The Balaban J connectivity index is 1.87. The molecule has 2 aromatic rings. The highest BCUT2D eigenvalue weighted by Crippen LogP contribution is 2.30. The van der Waals surface area contributed by atoms with Crippen LogP contribution in [-0.2, 0) is 13.0 Å². The van der Waals surface area contributed by atoms with E-state index in [-0.39, 0.29) is 10.8 Å². The van der Waals surface area contributed by atoms with E-state index in [2.05, 4.69) is 11.0 Å². The Bertz CT molecular complexity index is 642. The molecule has 1 heterocycles. The molecular weight excluding hydrogens is 275 g/mol. The van der Waals surface area contributed by atoms with E-state index in [1.54, 1.807) is 6.07 Å². The van der Waals surface area contributed by atoms with Gasteiger partial charge in [-0.3, -0.25) is 0 Å². The van der Waals surface area contributed by atoms with Crippen molar-refractivity contribution in [3.63, 3.8) is 0 Å². The summed E-state index contributed by atoms with van der Waals surface area (Å²) >= 11 is 5.72. The summed E-state index contributed by atoms with van der Waals surface area (Å²) in [7, 11) is 0. The molecule has 0 aliphatic carbocycles. The Kier molecular flexibility index (Phi) is 3.53. The van der Waals surface area contributed by atoms with Gasteiger partial charge in [-0.15, -0.1) is 0 Å². The summed E-state index contributed by atoms with van der Waals surface area (Å²) in [6.07, 6.45) is 2.14. The van der Waals surface area contributed by atoms with Gasteiger partial charge < -0.3 is 10.6 Å². The first kappa shape index (κ1) is 13.3. The molecule has 0 bridgehead atoms. The maximum absolute atomic E-state index is 13.5. The molecule has 0 unspecified atom stereocenters. The lowest BCUT2D eigenvalue weighted by Gasteiger charge is -2.31. The number of nitrogen functional groups attached to an aromatic ring is 1. The summed E-state index contributed by atoms with van der Waals surface area (Å²) in [6, 6.07) is 11.0. The molecule has 3 rings (SSSR count). The number of aryl methyl sites for hydroxylation is 1. The summed E-state index contributed by atoms with van der Waals surface area (Å²) in [6.45, 7) is 1.66. The second kappa shape index (κ2) is 5.33. The van der Waals surface area contributed by atoms with Crippen LogP contribution in [0.1, 0.15) is 17.5 Å². The van der Waals surface area contributed by atoms with E-state index < -0.39 is 0 Å². The largest absolute Gasteiger partial charge is 0.399 e. The van der Waals surface area contributed by atoms with E-state index in [4.69, 9.17) is 17.3 Å². The van der Waals surface area contributed by atoms with Gasteiger partial charge in [0, 0.05) is 24.5 Å². The van der Waals surface area contributed by atoms with Crippen LogP contribution in [0.2, 0.25) is 5.02 Å². The van der Waals surface area contributed by atoms with E-state index in [0.717, 1.165) is 30.6 Å². The normalized spacial score (nSPS) is 14.2. The smallest absolute Gasteiger partial charge is 0.142 e. The van der Waals surface area contributed by atoms with Crippen LogP contribution in [0.25, 0.3) is 0 Å².